The highest BCUT2D eigenvalue weighted by Gasteiger charge is 2.07. The number of nitrogens with zero attached hydrogens (tertiary/aromatic N) is 1. The molecule has 0 aliphatic carbocycles. The van der Waals surface area contributed by atoms with Gasteiger partial charge in [-0.2, -0.15) is 0 Å². The number of amides is 1. The predicted octanol–water partition coefficient (Wildman–Crippen LogP) is 3.14. The second-order valence-corrected chi connectivity index (χ2v) is 6.14. The van der Waals surface area contributed by atoms with E-state index in [1.165, 1.54) is 0 Å². The van der Waals surface area contributed by atoms with E-state index in [0.717, 1.165) is 11.1 Å². The van der Waals surface area contributed by atoms with Gasteiger partial charge in [0.1, 0.15) is 0 Å². The molecule has 1 aromatic carbocycles. The summed E-state index contributed by atoms with van der Waals surface area (Å²) in [6.07, 6.45) is 2.83. The molecule has 140 valence electrons. The highest BCUT2D eigenvalue weighted by Crippen LogP contribution is 2.27. The van der Waals surface area contributed by atoms with Crippen LogP contribution in [0.1, 0.15) is 31.4 Å². The lowest BCUT2D eigenvalue weighted by Crippen LogP contribution is -2.23. The molecular weight excluding hydrogens is 332 g/mol. The van der Waals surface area contributed by atoms with Gasteiger partial charge in [-0.25, -0.2) is 4.98 Å². The number of aryl methyl sites for hydroxylation is 1. The zero-order valence-electron chi connectivity index (χ0n) is 15.7. The Balaban J connectivity index is 1.80. The van der Waals surface area contributed by atoms with Gasteiger partial charge in [0, 0.05) is 25.2 Å². The van der Waals surface area contributed by atoms with Gasteiger partial charge >= 0.3 is 0 Å². The lowest BCUT2D eigenvalue weighted by atomic mass is 10.1. The first-order chi connectivity index (χ1) is 12.5. The van der Waals surface area contributed by atoms with Crippen molar-refractivity contribution in [2.24, 2.45) is 0 Å². The number of carbonyl (C=O) groups is 1. The first-order valence-corrected chi connectivity index (χ1v) is 8.61. The van der Waals surface area contributed by atoms with Crippen LogP contribution in [0.4, 0.5) is 0 Å². The molecule has 2 rings (SSSR count). The minimum atomic E-state index is -0.0118. The molecular formula is C20H26N2O4. The molecule has 1 N–H and O–H groups in total. The van der Waals surface area contributed by atoms with E-state index >= 15 is 0 Å². The molecule has 0 spiro atoms. The van der Waals surface area contributed by atoms with Crippen LogP contribution in [0, 0.1) is 0 Å². The summed E-state index contributed by atoms with van der Waals surface area (Å²) in [5, 5.41) is 2.90. The fourth-order valence-corrected chi connectivity index (χ4v) is 2.41. The molecule has 0 saturated carbocycles. The first kappa shape index (κ1) is 19.6. The minimum absolute atomic E-state index is 0.0118. The molecule has 6 heteroatoms. The van der Waals surface area contributed by atoms with Gasteiger partial charge in [0.25, 0.3) is 0 Å². The Kier molecular flexibility index (Phi) is 7.26. The molecule has 6 nitrogen and oxygen atoms in total. The number of hydrogen-bond donors (Lipinski definition) is 1. The molecule has 0 aliphatic rings. The third kappa shape index (κ3) is 5.95. The maximum atomic E-state index is 12.1. The highest BCUT2D eigenvalue weighted by molar-refractivity contribution is 5.76. The summed E-state index contributed by atoms with van der Waals surface area (Å²) in [7, 11) is 3.20. The normalized spacial score (nSPS) is 10.5. The third-order valence-electron chi connectivity index (χ3n) is 3.73. The Morgan fingerprint density at radius 3 is 2.42 bits per heavy atom. The van der Waals surface area contributed by atoms with E-state index in [0.29, 0.717) is 36.8 Å². The van der Waals surface area contributed by atoms with E-state index in [9.17, 15) is 4.79 Å². The summed E-state index contributed by atoms with van der Waals surface area (Å²) < 4.78 is 16.0. The number of aromatic nitrogens is 1. The fraction of sp³-hybridized carbons (Fsp3) is 0.400. The second-order valence-electron chi connectivity index (χ2n) is 6.14. The van der Waals surface area contributed by atoms with Crippen molar-refractivity contribution < 1.29 is 19.0 Å². The summed E-state index contributed by atoms with van der Waals surface area (Å²) in [5.41, 5.74) is 1.95. The van der Waals surface area contributed by atoms with E-state index in [2.05, 4.69) is 10.3 Å². The molecule has 1 heterocycles. The lowest BCUT2D eigenvalue weighted by Gasteiger charge is -2.10. The van der Waals surface area contributed by atoms with Crippen molar-refractivity contribution in [1.29, 1.82) is 0 Å². The van der Waals surface area contributed by atoms with Gasteiger partial charge in [-0.3, -0.25) is 4.79 Å². The van der Waals surface area contributed by atoms with Gasteiger partial charge in [0.05, 0.1) is 20.3 Å². The van der Waals surface area contributed by atoms with E-state index in [4.69, 9.17) is 14.2 Å². The number of hydrogen-bond acceptors (Lipinski definition) is 5. The maximum absolute atomic E-state index is 12.1. The van der Waals surface area contributed by atoms with Gasteiger partial charge < -0.3 is 19.5 Å². The molecule has 0 atom stereocenters. The number of benzene rings is 1. The number of nitrogens with one attached hydrogen (secondary N) is 1. The van der Waals surface area contributed by atoms with Gasteiger partial charge in [0.15, 0.2) is 11.5 Å². The standard InChI is InChI=1S/C20H26N2O4/c1-14(2)26-20-10-7-16(13-22-20)12-21-19(23)9-6-15-5-8-17(24-3)18(11-15)25-4/h5,7-8,10-11,13-14H,6,9,12H2,1-4H3,(H,21,23). The Bertz CT molecular complexity index is 714. The summed E-state index contributed by atoms with van der Waals surface area (Å²) in [4.78, 5) is 16.3. The molecule has 0 radical (unpaired) electrons. The van der Waals surface area contributed by atoms with Crippen LogP contribution in [0.5, 0.6) is 17.4 Å². The van der Waals surface area contributed by atoms with Gasteiger partial charge in [-0.05, 0) is 43.5 Å². The largest absolute Gasteiger partial charge is 0.493 e. The first-order valence-electron chi connectivity index (χ1n) is 8.61. The quantitative estimate of drug-likeness (QED) is 0.746. The van der Waals surface area contributed by atoms with Crippen LogP contribution in [-0.4, -0.2) is 31.2 Å². The zero-order valence-corrected chi connectivity index (χ0v) is 15.7. The van der Waals surface area contributed by atoms with Crippen molar-refractivity contribution in [2.45, 2.75) is 39.3 Å². The number of rotatable bonds is 9. The molecule has 0 aliphatic heterocycles. The maximum Gasteiger partial charge on any atom is 0.220 e. The molecule has 2 aromatic rings. The molecule has 1 aromatic heterocycles. The smallest absolute Gasteiger partial charge is 0.220 e. The van der Waals surface area contributed by atoms with Crippen LogP contribution < -0.4 is 19.5 Å². The lowest BCUT2D eigenvalue weighted by molar-refractivity contribution is -0.121. The van der Waals surface area contributed by atoms with E-state index in [1.807, 2.05) is 44.2 Å². The van der Waals surface area contributed by atoms with Gasteiger partial charge in [-0.1, -0.05) is 12.1 Å². The highest BCUT2D eigenvalue weighted by atomic mass is 16.5. The van der Waals surface area contributed by atoms with E-state index in [-0.39, 0.29) is 12.0 Å². The van der Waals surface area contributed by atoms with E-state index in [1.54, 1.807) is 20.4 Å². The molecule has 26 heavy (non-hydrogen) atoms. The SMILES string of the molecule is COc1ccc(CCC(=O)NCc2ccc(OC(C)C)nc2)cc1OC. The zero-order chi connectivity index (χ0) is 18.9. The minimum Gasteiger partial charge on any atom is -0.493 e. The number of carbonyl (C=O) groups excluding carboxylic acids is 1. The van der Waals surface area contributed by atoms with Gasteiger partial charge in [-0.15, -0.1) is 0 Å². The monoisotopic (exact) mass is 358 g/mol. The summed E-state index contributed by atoms with van der Waals surface area (Å²) in [6, 6.07) is 9.39. The third-order valence-corrected chi connectivity index (χ3v) is 3.73. The van der Waals surface area contributed by atoms with Crippen LogP contribution in [0.3, 0.4) is 0 Å². The number of ether oxygens (including phenoxy) is 3. The molecule has 0 bridgehead atoms. The summed E-state index contributed by atoms with van der Waals surface area (Å²) in [5.74, 6) is 1.92. The molecule has 0 unspecified atom stereocenters. The predicted molar refractivity (Wildman–Crippen MR) is 99.7 cm³/mol. The van der Waals surface area contributed by atoms with Crippen molar-refractivity contribution in [2.75, 3.05) is 14.2 Å². The van der Waals surface area contributed by atoms with Crippen LogP contribution in [0.25, 0.3) is 0 Å². The second kappa shape index (κ2) is 9.65. The topological polar surface area (TPSA) is 69.7 Å². The number of pyridine rings is 1. The van der Waals surface area contributed by atoms with Crippen molar-refractivity contribution in [3.05, 3.63) is 47.7 Å². The van der Waals surface area contributed by atoms with E-state index < -0.39 is 0 Å². The van der Waals surface area contributed by atoms with Crippen molar-refractivity contribution in [3.63, 3.8) is 0 Å². The van der Waals surface area contributed by atoms with Crippen LogP contribution in [-0.2, 0) is 17.8 Å². The Hall–Kier alpha value is -2.76. The Labute approximate surface area is 154 Å². The van der Waals surface area contributed by atoms with Gasteiger partial charge in [0.2, 0.25) is 11.8 Å². The van der Waals surface area contributed by atoms with Crippen LogP contribution in [0.2, 0.25) is 0 Å². The Morgan fingerprint density at radius 2 is 1.81 bits per heavy atom. The van der Waals surface area contributed by atoms with Crippen molar-refractivity contribution in [3.8, 4) is 17.4 Å². The molecule has 0 saturated heterocycles. The van der Waals surface area contributed by atoms with Crippen molar-refractivity contribution >= 4 is 5.91 Å². The average molecular weight is 358 g/mol. The summed E-state index contributed by atoms with van der Waals surface area (Å²) >= 11 is 0. The average Bonchev–Trinajstić information content (AvgIpc) is 2.65. The van der Waals surface area contributed by atoms with Crippen LogP contribution in [0.15, 0.2) is 36.5 Å². The fourth-order valence-electron chi connectivity index (χ4n) is 2.41. The molecule has 1 amide bonds. The summed E-state index contributed by atoms with van der Waals surface area (Å²) in [6.45, 7) is 4.35. The van der Waals surface area contributed by atoms with Crippen LogP contribution >= 0.6 is 0 Å². The Morgan fingerprint density at radius 1 is 1.08 bits per heavy atom. The number of methoxy groups -OCH3 is 2. The molecule has 0 fully saturated rings. The van der Waals surface area contributed by atoms with Crippen molar-refractivity contribution in [1.82, 2.24) is 10.3 Å².